The Labute approximate surface area is 84.2 Å². The number of amides is 1. The average Bonchev–Trinajstić information content (AvgIpc) is 2.54. The molecule has 1 aliphatic heterocycles. The van der Waals surface area contributed by atoms with Crippen LogP contribution in [0.5, 0.6) is 0 Å². The van der Waals surface area contributed by atoms with Crippen molar-refractivity contribution in [2.24, 2.45) is 0 Å². The smallest absolute Gasteiger partial charge is 0.236 e. The van der Waals surface area contributed by atoms with Gasteiger partial charge in [-0.2, -0.15) is 11.8 Å². The van der Waals surface area contributed by atoms with Crippen LogP contribution in [0.4, 0.5) is 0 Å². The molecule has 1 unspecified atom stereocenters. The normalized spacial score (nSPS) is 22.3. The zero-order valence-corrected chi connectivity index (χ0v) is 9.19. The molecule has 1 heterocycles. The second kappa shape index (κ2) is 5.50. The number of likely N-dealkylation sites (N-methyl/N-ethyl adjacent to an activating group) is 1. The van der Waals surface area contributed by atoms with Crippen LogP contribution >= 0.6 is 11.8 Å². The third kappa shape index (κ3) is 2.88. The Hall–Kier alpha value is -0.220. The van der Waals surface area contributed by atoms with Gasteiger partial charge in [0.1, 0.15) is 0 Å². The molecule has 1 saturated heterocycles. The largest absolute Gasteiger partial charge is 0.338 e. The van der Waals surface area contributed by atoms with E-state index in [4.69, 9.17) is 0 Å². The van der Waals surface area contributed by atoms with Crippen LogP contribution in [0.15, 0.2) is 0 Å². The van der Waals surface area contributed by atoms with Gasteiger partial charge in [-0.25, -0.2) is 0 Å². The Morgan fingerprint density at radius 1 is 1.69 bits per heavy atom. The van der Waals surface area contributed by atoms with Gasteiger partial charge in [0, 0.05) is 18.3 Å². The molecule has 0 aromatic heterocycles. The molecule has 1 atom stereocenters. The van der Waals surface area contributed by atoms with Crippen molar-refractivity contribution in [3.8, 4) is 0 Å². The van der Waals surface area contributed by atoms with Gasteiger partial charge in [0.05, 0.1) is 6.54 Å². The summed E-state index contributed by atoms with van der Waals surface area (Å²) in [6.45, 7) is 1.43. The molecule has 4 heteroatoms. The molecule has 3 nitrogen and oxygen atoms in total. The third-order valence-corrected chi connectivity index (χ3v) is 3.10. The van der Waals surface area contributed by atoms with Crippen molar-refractivity contribution in [1.82, 2.24) is 10.2 Å². The van der Waals surface area contributed by atoms with Crippen LogP contribution in [-0.2, 0) is 4.79 Å². The number of nitrogens with zero attached hydrogens (tertiary/aromatic N) is 1. The van der Waals surface area contributed by atoms with Crippen LogP contribution in [0.25, 0.3) is 0 Å². The Kier molecular flexibility index (Phi) is 4.59. The lowest BCUT2D eigenvalue weighted by Gasteiger charge is -2.23. The standard InChI is InChI=1S/C9H18N2OS/c1-10-6-9(12)11-5-3-4-8(11)7-13-2/h8,10H,3-7H2,1-2H3. The van der Waals surface area contributed by atoms with Gasteiger partial charge in [0.15, 0.2) is 0 Å². The highest BCUT2D eigenvalue weighted by Crippen LogP contribution is 2.19. The summed E-state index contributed by atoms with van der Waals surface area (Å²) in [7, 11) is 1.82. The van der Waals surface area contributed by atoms with Crippen LogP contribution in [0.1, 0.15) is 12.8 Å². The average molecular weight is 202 g/mol. The van der Waals surface area contributed by atoms with Crippen molar-refractivity contribution in [3.05, 3.63) is 0 Å². The minimum absolute atomic E-state index is 0.249. The fourth-order valence-electron chi connectivity index (χ4n) is 1.78. The van der Waals surface area contributed by atoms with E-state index in [2.05, 4.69) is 11.6 Å². The van der Waals surface area contributed by atoms with Crippen molar-refractivity contribution in [2.45, 2.75) is 18.9 Å². The molecule has 0 aromatic carbocycles. The van der Waals surface area contributed by atoms with Gasteiger partial charge in [-0.3, -0.25) is 4.79 Å². The summed E-state index contributed by atoms with van der Waals surface area (Å²) < 4.78 is 0. The Morgan fingerprint density at radius 2 is 2.46 bits per heavy atom. The van der Waals surface area contributed by atoms with Crippen molar-refractivity contribution in [2.75, 3.05) is 32.1 Å². The summed E-state index contributed by atoms with van der Waals surface area (Å²) in [5.74, 6) is 1.33. The second-order valence-corrected chi connectivity index (χ2v) is 4.28. The highest BCUT2D eigenvalue weighted by Gasteiger charge is 2.27. The van der Waals surface area contributed by atoms with Gasteiger partial charge in [0.2, 0.25) is 5.91 Å². The molecule has 13 heavy (non-hydrogen) atoms. The first-order valence-corrected chi connectivity index (χ1v) is 6.12. The second-order valence-electron chi connectivity index (χ2n) is 3.37. The Bertz CT molecular complexity index is 175. The van der Waals surface area contributed by atoms with Gasteiger partial charge in [-0.1, -0.05) is 0 Å². The molecular formula is C9H18N2OS. The molecule has 1 aliphatic rings. The van der Waals surface area contributed by atoms with E-state index in [1.807, 2.05) is 23.7 Å². The Morgan fingerprint density at radius 3 is 3.08 bits per heavy atom. The summed E-state index contributed by atoms with van der Waals surface area (Å²) in [6, 6.07) is 0.482. The first-order valence-electron chi connectivity index (χ1n) is 4.72. The SMILES string of the molecule is CNCC(=O)N1CCCC1CSC. The minimum Gasteiger partial charge on any atom is -0.338 e. The van der Waals surface area contributed by atoms with Crippen LogP contribution in [0, 0.1) is 0 Å². The van der Waals surface area contributed by atoms with E-state index >= 15 is 0 Å². The number of carbonyl (C=O) groups excluding carboxylic acids is 1. The molecule has 0 spiro atoms. The first-order chi connectivity index (χ1) is 6.29. The first kappa shape index (κ1) is 10.9. The molecule has 1 fully saturated rings. The van der Waals surface area contributed by atoms with Gasteiger partial charge in [-0.05, 0) is 26.1 Å². The lowest BCUT2D eigenvalue weighted by Crippen LogP contribution is -2.41. The van der Waals surface area contributed by atoms with Gasteiger partial charge in [0.25, 0.3) is 0 Å². The lowest BCUT2D eigenvalue weighted by atomic mass is 10.2. The Balaban J connectivity index is 2.42. The maximum absolute atomic E-state index is 11.6. The van der Waals surface area contributed by atoms with Gasteiger partial charge >= 0.3 is 0 Å². The molecule has 0 saturated carbocycles. The monoisotopic (exact) mass is 202 g/mol. The summed E-state index contributed by atoms with van der Waals surface area (Å²) in [4.78, 5) is 13.6. The molecule has 0 aliphatic carbocycles. The van der Waals surface area contributed by atoms with Crippen molar-refractivity contribution >= 4 is 17.7 Å². The highest BCUT2D eigenvalue weighted by atomic mass is 32.2. The van der Waals surface area contributed by atoms with E-state index in [-0.39, 0.29) is 5.91 Å². The maximum atomic E-state index is 11.6. The van der Waals surface area contributed by atoms with Crippen LogP contribution in [0.3, 0.4) is 0 Å². The van der Waals surface area contributed by atoms with E-state index in [0.717, 1.165) is 12.3 Å². The van der Waals surface area contributed by atoms with Gasteiger partial charge < -0.3 is 10.2 Å². The summed E-state index contributed by atoms with van der Waals surface area (Å²) in [6.07, 6.45) is 4.44. The molecule has 0 radical (unpaired) electrons. The predicted octanol–water partition coefficient (Wildman–Crippen LogP) is 0.560. The quantitative estimate of drug-likeness (QED) is 0.723. The van der Waals surface area contributed by atoms with E-state index in [1.165, 1.54) is 12.8 Å². The topological polar surface area (TPSA) is 32.3 Å². The van der Waals surface area contributed by atoms with Crippen molar-refractivity contribution in [3.63, 3.8) is 0 Å². The van der Waals surface area contributed by atoms with E-state index < -0.39 is 0 Å². The molecule has 0 bridgehead atoms. The number of likely N-dealkylation sites (tertiary alicyclic amines) is 1. The van der Waals surface area contributed by atoms with Gasteiger partial charge in [-0.15, -0.1) is 0 Å². The summed E-state index contributed by atoms with van der Waals surface area (Å²) in [5.41, 5.74) is 0. The molecule has 1 N–H and O–H groups in total. The summed E-state index contributed by atoms with van der Waals surface area (Å²) in [5, 5.41) is 2.91. The predicted molar refractivity (Wildman–Crippen MR) is 57.0 cm³/mol. The van der Waals surface area contributed by atoms with Crippen LogP contribution < -0.4 is 5.32 Å². The number of hydrogen-bond donors (Lipinski definition) is 1. The maximum Gasteiger partial charge on any atom is 0.236 e. The summed E-state index contributed by atoms with van der Waals surface area (Å²) >= 11 is 1.82. The molecule has 76 valence electrons. The number of thioether (sulfide) groups is 1. The molecule has 0 aromatic rings. The number of hydrogen-bond acceptors (Lipinski definition) is 3. The molecule has 1 rings (SSSR count). The lowest BCUT2D eigenvalue weighted by molar-refractivity contribution is -0.130. The zero-order valence-electron chi connectivity index (χ0n) is 8.38. The van der Waals surface area contributed by atoms with Crippen molar-refractivity contribution < 1.29 is 4.79 Å². The van der Waals surface area contributed by atoms with E-state index in [1.54, 1.807) is 0 Å². The molecular weight excluding hydrogens is 184 g/mol. The van der Waals surface area contributed by atoms with E-state index in [0.29, 0.717) is 12.6 Å². The number of rotatable bonds is 4. The number of carbonyl (C=O) groups is 1. The minimum atomic E-state index is 0.249. The van der Waals surface area contributed by atoms with E-state index in [9.17, 15) is 4.79 Å². The van der Waals surface area contributed by atoms with Crippen LogP contribution in [0.2, 0.25) is 0 Å². The fraction of sp³-hybridized carbons (Fsp3) is 0.889. The van der Waals surface area contributed by atoms with Crippen molar-refractivity contribution in [1.29, 1.82) is 0 Å². The third-order valence-electron chi connectivity index (χ3n) is 2.38. The molecule has 1 amide bonds. The number of nitrogens with one attached hydrogen (secondary N) is 1. The van der Waals surface area contributed by atoms with Crippen LogP contribution in [-0.4, -0.2) is 49.0 Å². The zero-order chi connectivity index (χ0) is 9.68. The highest BCUT2D eigenvalue weighted by molar-refractivity contribution is 7.98. The fourth-order valence-corrected chi connectivity index (χ4v) is 2.51.